The van der Waals surface area contributed by atoms with Gasteiger partial charge in [0.25, 0.3) is 0 Å². The molecular weight excluding hydrogens is 190 g/mol. The van der Waals surface area contributed by atoms with Gasteiger partial charge in [-0.1, -0.05) is 26.3 Å². The van der Waals surface area contributed by atoms with Gasteiger partial charge in [-0.2, -0.15) is 0 Å². The molecule has 1 rings (SSSR count). The highest BCUT2D eigenvalue weighted by Crippen LogP contribution is 2.46. The van der Waals surface area contributed by atoms with E-state index in [2.05, 4.69) is 25.7 Å². The maximum absolute atomic E-state index is 11.9. The van der Waals surface area contributed by atoms with Crippen molar-refractivity contribution in [2.45, 2.75) is 38.6 Å². The average molecular weight is 211 g/mol. The number of hydrogen-bond donors (Lipinski definition) is 1. The minimum Gasteiger partial charge on any atom is -0.468 e. The Balaban J connectivity index is 2.95. The molecule has 1 aliphatic rings. The monoisotopic (exact) mass is 211 g/mol. The molecule has 0 radical (unpaired) electrons. The molecule has 0 spiro atoms. The smallest absolute Gasteiger partial charge is 0.326 e. The van der Waals surface area contributed by atoms with Crippen LogP contribution in [0.5, 0.6) is 0 Å². The third-order valence-electron chi connectivity index (χ3n) is 3.59. The summed E-state index contributed by atoms with van der Waals surface area (Å²) < 4.78 is 4.93. The number of ether oxygens (including phenoxy) is 1. The van der Waals surface area contributed by atoms with Crippen LogP contribution < -0.4 is 5.32 Å². The van der Waals surface area contributed by atoms with Gasteiger partial charge in [0.2, 0.25) is 0 Å². The Kier molecular flexibility index (Phi) is 3.55. The first-order chi connectivity index (χ1) is 7.00. The summed E-state index contributed by atoms with van der Waals surface area (Å²) in [6.45, 7) is 8.54. The molecule has 0 amide bonds. The highest BCUT2D eigenvalue weighted by atomic mass is 16.5. The van der Waals surface area contributed by atoms with Crippen molar-refractivity contribution in [1.82, 2.24) is 5.32 Å². The summed E-state index contributed by atoms with van der Waals surface area (Å²) in [7, 11) is 1.45. The van der Waals surface area contributed by atoms with Crippen molar-refractivity contribution < 1.29 is 9.53 Å². The topological polar surface area (TPSA) is 38.3 Å². The van der Waals surface area contributed by atoms with E-state index in [-0.39, 0.29) is 11.4 Å². The van der Waals surface area contributed by atoms with E-state index in [0.717, 1.165) is 19.3 Å². The molecule has 1 atom stereocenters. The molecule has 0 aliphatic heterocycles. The molecule has 1 unspecified atom stereocenters. The minimum absolute atomic E-state index is 0.0525. The van der Waals surface area contributed by atoms with E-state index in [0.29, 0.717) is 6.54 Å². The predicted octanol–water partition coefficient (Wildman–Crippen LogP) is 1.88. The second-order valence-corrected chi connectivity index (χ2v) is 4.80. The number of methoxy groups -OCH3 is 1. The highest BCUT2D eigenvalue weighted by Gasteiger charge is 2.54. The van der Waals surface area contributed by atoms with Crippen LogP contribution in [0.3, 0.4) is 0 Å². The summed E-state index contributed by atoms with van der Waals surface area (Å²) in [5, 5.41) is 3.29. The number of rotatable bonds is 4. The van der Waals surface area contributed by atoms with E-state index in [1.807, 2.05) is 0 Å². The van der Waals surface area contributed by atoms with Crippen molar-refractivity contribution >= 4 is 5.97 Å². The molecule has 86 valence electrons. The molecule has 1 N–H and O–H groups in total. The van der Waals surface area contributed by atoms with Crippen LogP contribution in [0.1, 0.15) is 33.1 Å². The van der Waals surface area contributed by atoms with E-state index in [1.54, 1.807) is 6.08 Å². The van der Waals surface area contributed by atoms with Crippen molar-refractivity contribution in [2.75, 3.05) is 13.7 Å². The Morgan fingerprint density at radius 3 is 2.60 bits per heavy atom. The molecule has 15 heavy (non-hydrogen) atoms. The minimum atomic E-state index is -0.532. The Hall–Kier alpha value is -0.830. The van der Waals surface area contributed by atoms with Gasteiger partial charge in [-0.05, 0) is 18.3 Å². The van der Waals surface area contributed by atoms with E-state index in [1.165, 1.54) is 7.11 Å². The van der Waals surface area contributed by atoms with Crippen LogP contribution in [0.4, 0.5) is 0 Å². The Labute approximate surface area is 91.9 Å². The Bertz CT molecular complexity index is 260. The lowest BCUT2D eigenvalue weighted by molar-refractivity contribution is -0.152. The van der Waals surface area contributed by atoms with Crippen LogP contribution >= 0.6 is 0 Å². The van der Waals surface area contributed by atoms with Gasteiger partial charge in [-0.3, -0.25) is 10.1 Å². The van der Waals surface area contributed by atoms with Crippen LogP contribution in [0, 0.1) is 5.41 Å². The summed E-state index contributed by atoms with van der Waals surface area (Å²) in [4.78, 5) is 11.9. The van der Waals surface area contributed by atoms with Crippen molar-refractivity contribution in [3.63, 3.8) is 0 Å². The lowest BCUT2D eigenvalue weighted by Gasteiger charge is -2.39. The van der Waals surface area contributed by atoms with E-state index in [9.17, 15) is 4.79 Å². The SMILES string of the molecule is C=CCNC1(C(=O)OC)CCCC1(C)C. The third-order valence-corrected chi connectivity index (χ3v) is 3.59. The molecule has 1 aliphatic carbocycles. The number of carbonyl (C=O) groups is 1. The summed E-state index contributed by atoms with van der Waals surface area (Å²) in [6, 6.07) is 0. The lowest BCUT2D eigenvalue weighted by atomic mass is 9.75. The van der Waals surface area contributed by atoms with Crippen LogP contribution in [0.15, 0.2) is 12.7 Å². The number of esters is 1. The molecule has 3 nitrogen and oxygen atoms in total. The average Bonchev–Trinajstić information content (AvgIpc) is 2.50. The fourth-order valence-corrected chi connectivity index (χ4v) is 2.55. The predicted molar refractivity (Wildman–Crippen MR) is 60.6 cm³/mol. The van der Waals surface area contributed by atoms with Crippen molar-refractivity contribution in [3.05, 3.63) is 12.7 Å². The van der Waals surface area contributed by atoms with Gasteiger partial charge >= 0.3 is 5.97 Å². The Morgan fingerprint density at radius 1 is 1.53 bits per heavy atom. The first-order valence-corrected chi connectivity index (χ1v) is 5.44. The van der Waals surface area contributed by atoms with Gasteiger partial charge in [0.1, 0.15) is 5.54 Å². The lowest BCUT2D eigenvalue weighted by Crippen LogP contribution is -2.59. The molecule has 0 bridgehead atoms. The zero-order valence-electron chi connectivity index (χ0n) is 9.93. The molecule has 1 fully saturated rings. The summed E-state index contributed by atoms with van der Waals surface area (Å²) >= 11 is 0. The van der Waals surface area contributed by atoms with Crippen LogP contribution in [0.2, 0.25) is 0 Å². The fraction of sp³-hybridized carbons (Fsp3) is 0.750. The second-order valence-electron chi connectivity index (χ2n) is 4.80. The molecule has 3 heteroatoms. The summed E-state index contributed by atoms with van der Waals surface area (Å²) in [5.41, 5.74) is -0.584. The van der Waals surface area contributed by atoms with E-state index >= 15 is 0 Å². The molecule has 0 aromatic rings. The molecule has 0 saturated heterocycles. The molecular formula is C12H21NO2. The summed E-state index contributed by atoms with van der Waals surface area (Å²) in [6.07, 6.45) is 4.73. The van der Waals surface area contributed by atoms with Gasteiger partial charge in [-0.15, -0.1) is 6.58 Å². The molecule has 0 aromatic carbocycles. The molecule has 0 aromatic heterocycles. The van der Waals surface area contributed by atoms with Gasteiger partial charge in [0.15, 0.2) is 0 Å². The Morgan fingerprint density at radius 2 is 2.20 bits per heavy atom. The number of nitrogens with one attached hydrogen (secondary N) is 1. The van der Waals surface area contributed by atoms with Crippen molar-refractivity contribution in [3.8, 4) is 0 Å². The largest absolute Gasteiger partial charge is 0.468 e. The number of carbonyl (C=O) groups excluding carboxylic acids is 1. The second kappa shape index (κ2) is 4.35. The quantitative estimate of drug-likeness (QED) is 0.570. The third kappa shape index (κ3) is 1.93. The van der Waals surface area contributed by atoms with Gasteiger partial charge in [-0.25, -0.2) is 0 Å². The van der Waals surface area contributed by atoms with Crippen molar-refractivity contribution in [1.29, 1.82) is 0 Å². The standard InChI is InChI=1S/C12H21NO2/c1-5-9-13-12(10(14)15-4)8-6-7-11(12,2)3/h5,13H,1,6-9H2,2-4H3. The first kappa shape index (κ1) is 12.2. The summed E-state index contributed by atoms with van der Waals surface area (Å²) in [5.74, 6) is -0.146. The maximum atomic E-state index is 11.9. The normalized spacial score (nSPS) is 28.7. The zero-order valence-corrected chi connectivity index (χ0v) is 9.93. The van der Waals surface area contributed by atoms with E-state index in [4.69, 9.17) is 4.74 Å². The highest BCUT2D eigenvalue weighted by molar-refractivity contribution is 5.82. The zero-order chi connectivity index (χ0) is 11.5. The van der Waals surface area contributed by atoms with Crippen LogP contribution in [0.25, 0.3) is 0 Å². The van der Waals surface area contributed by atoms with Crippen LogP contribution in [-0.2, 0) is 9.53 Å². The maximum Gasteiger partial charge on any atom is 0.326 e. The van der Waals surface area contributed by atoms with Crippen LogP contribution in [-0.4, -0.2) is 25.2 Å². The van der Waals surface area contributed by atoms with Gasteiger partial charge in [0.05, 0.1) is 7.11 Å². The van der Waals surface area contributed by atoms with E-state index < -0.39 is 5.54 Å². The van der Waals surface area contributed by atoms with Gasteiger partial charge < -0.3 is 4.74 Å². The fourth-order valence-electron chi connectivity index (χ4n) is 2.55. The van der Waals surface area contributed by atoms with Gasteiger partial charge in [0, 0.05) is 6.54 Å². The first-order valence-electron chi connectivity index (χ1n) is 5.44. The number of hydrogen-bond acceptors (Lipinski definition) is 3. The molecule has 1 saturated carbocycles. The molecule has 0 heterocycles. The van der Waals surface area contributed by atoms with Crippen molar-refractivity contribution in [2.24, 2.45) is 5.41 Å².